The highest BCUT2D eigenvalue weighted by Crippen LogP contribution is 2.52. The monoisotopic (exact) mass is 408 g/mol. The van der Waals surface area contributed by atoms with Crippen LogP contribution in [0.1, 0.15) is 0 Å². The Bertz CT molecular complexity index is 1410. The van der Waals surface area contributed by atoms with Crippen LogP contribution < -0.4 is 9.47 Å². The van der Waals surface area contributed by atoms with Gasteiger partial charge in [0.2, 0.25) is 0 Å². The predicted octanol–water partition coefficient (Wildman–Crippen LogP) is 7.06. The third kappa shape index (κ3) is 2.65. The molecule has 0 spiro atoms. The van der Waals surface area contributed by atoms with E-state index in [1.54, 1.807) is 0 Å². The van der Waals surface area contributed by atoms with Gasteiger partial charge in [0.15, 0.2) is 32.8 Å². The van der Waals surface area contributed by atoms with Gasteiger partial charge in [0.25, 0.3) is 0 Å². The molecule has 0 aromatic heterocycles. The van der Waals surface area contributed by atoms with E-state index in [0.29, 0.717) is 27.9 Å². The highest BCUT2D eigenvalue weighted by molar-refractivity contribution is 7.91. The van der Waals surface area contributed by atoms with Crippen LogP contribution in [0.25, 0.3) is 21.5 Å². The molecule has 4 heteroatoms. The Hall–Kier alpha value is -3.47. The topological polar surface area (TPSA) is 41.5 Å². The quantitative estimate of drug-likeness (QED) is 0.288. The first-order chi connectivity index (χ1) is 14.8. The summed E-state index contributed by atoms with van der Waals surface area (Å²) in [5.74, 6) is 2.61. The molecule has 30 heavy (non-hydrogen) atoms. The zero-order chi connectivity index (χ0) is 20.1. The average Bonchev–Trinajstić information content (AvgIpc) is 2.82. The third-order valence-electron chi connectivity index (χ3n) is 5.35. The van der Waals surface area contributed by atoms with E-state index in [1.807, 2.05) is 97.1 Å². The highest BCUT2D eigenvalue weighted by Gasteiger charge is 2.28. The molecule has 144 valence electrons. The van der Waals surface area contributed by atoms with E-state index in [0.717, 1.165) is 26.4 Å². The standard InChI is InChI=1S/C26H16O3S/c27-30(18-9-2-1-3-10-18)24-16-23-26(21-13-7-6-12-20(21)24)28-22-15-14-17-8-4-5-11-19(17)25(22)29-23/h1-16H. The molecule has 0 fully saturated rings. The van der Waals surface area contributed by atoms with Crippen LogP contribution in [-0.4, -0.2) is 4.55 Å². The highest BCUT2D eigenvalue weighted by atomic mass is 32.2. The third-order valence-corrected chi connectivity index (χ3v) is 6.79. The van der Waals surface area contributed by atoms with Crippen LogP contribution in [0.3, 0.4) is 0 Å². The zero-order valence-electron chi connectivity index (χ0n) is 15.9. The summed E-state index contributed by atoms with van der Waals surface area (Å²) in [5.41, 5.74) is 0. The zero-order valence-corrected chi connectivity index (χ0v) is 16.7. The average molecular weight is 408 g/mol. The molecule has 0 saturated carbocycles. The maximum absolute atomic E-state index is 13.4. The Labute approximate surface area is 176 Å². The van der Waals surface area contributed by atoms with E-state index in [9.17, 15) is 4.55 Å². The fourth-order valence-electron chi connectivity index (χ4n) is 3.93. The molecular weight excluding hydrogens is 392 g/mol. The van der Waals surface area contributed by atoms with E-state index in [-0.39, 0.29) is 0 Å². The molecule has 1 unspecified atom stereocenters. The molecule has 0 bridgehead atoms. The summed E-state index contributed by atoms with van der Waals surface area (Å²) < 4.78 is 26.1. The molecule has 6 rings (SSSR count). The van der Waals surface area contributed by atoms with Gasteiger partial charge in [-0.2, -0.15) is 0 Å². The van der Waals surface area contributed by atoms with E-state index in [1.165, 1.54) is 0 Å². The second-order valence-corrected chi connectivity index (χ2v) is 8.60. The van der Waals surface area contributed by atoms with E-state index >= 15 is 0 Å². The van der Waals surface area contributed by atoms with E-state index < -0.39 is 11.2 Å². The maximum Gasteiger partial charge on any atom is 0.178 e. The summed E-state index contributed by atoms with van der Waals surface area (Å²) in [7, 11) is 0. The lowest BCUT2D eigenvalue weighted by atomic mass is 10.1. The summed E-state index contributed by atoms with van der Waals surface area (Å²) in [6.07, 6.45) is 0. The summed E-state index contributed by atoms with van der Waals surface area (Å²) in [5, 5.41) is 3.84. The molecule has 0 N–H and O–H groups in total. The Morgan fingerprint density at radius 1 is 0.567 bits per heavy atom. The smallest absolute Gasteiger partial charge is 0.178 e. The van der Waals surface area contributed by atoms with Crippen LogP contribution in [0.4, 0.5) is 0 Å². The molecule has 1 atom stereocenters. The SMILES string of the molecule is [O-][S+](c1ccccc1)c1cc2c(c3ccccc13)Oc1ccc3ccccc3c1O2. The van der Waals surface area contributed by atoms with Gasteiger partial charge in [-0.15, -0.1) is 0 Å². The summed E-state index contributed by atoms with van der Waals surface area (Å²) in [6.45, 7) is 0. The van der Waals surface area contributed by atoms with Crippen molar-refractivity contribution < 1.29 is 14.0 Å². The summed E-state index contributed by atoms with van der Waals surface area (Å²) >= 11 is -1.34. The van der Waals surface area contributed by atoms with Crippen molar-refractivity contribution in [1.29, 1.82) is 0 Å². The fraction of sp³-hybridized carbons (Fsp3) is 0. The molecule has 5 aromatic carbocycles. The van der Waals surface area contributed by atoms with Crippen LogP contribution in [-0.2, 0) is 11.2 Å². The second kappa shape index (κ2) is 6.80. The van der Waals surface area contributed by atoms with Crippen molar-refractivity contribution in [3.63, 3.8) is 0 Å². The van der Waals surface area contributed by atoms with Crippen molar-refractivity contribution in [1.82, 2.24) is 0 Å². The first-order valence-corrected chi connectivity index (χ1v) is 10.8. The van der Waals surface area contributed by atoms with Crippen molar-refractivity contribution in [2.45, 2.75) is 9.79 Å². The summed E-state index contributed by atoms with van der Waals surface area (Å²) in [4.78, 5) is 1.47. The molecule has 1 heterocycles. The van der Waals surface area contributed by atoms with Gasteiger partial charge >= 0.3 is 0 Å². The van der Waals surface area contributed by atoms with Crippen molar-refractivity contribution in [2.75, 3.05) is 0 Å². The van der Waals surface area contributed by atoms with Gasteiger partial charge in [0.1, 0.15) is 0 Å². The Kier molecular flexibility index (Phi) is 3.94. The number of fused-ring (bicyclic) bond motifs is 6. The number of hydrogen-bond donors (Lipinski definition) is 0. The minimum Gasteiger partial charge on any atom is -0.606 e. The Morgan fingerprint density at radius 2 is 1.20 bits per heavy atom. The number of benzene rings is 5. The van der Waals surface area contributed by atoms with Gasteiger partial charge in [0.05, 0.1) is 0 Å². The van der Waals surface area contributed by atoms with E-state index in [2.05, 4.69) is 0 Å². The molecule has 0 radical (unpaired) electrons. The van der Waals surface area contributed by atoms with Crippen LogP contribution >= 0.6 is 0 Å². The molecular formula is C26H16O3S. The van der Waals surface area contributed by atoms with Crippen molar-refractivity contribution >= 4 is 32.7 Å². The number of hydrogen-bond acceptors (Lipinski definition) is 3. The first-order valence-electron chi connectivity index (χ1n) is 9.69. The molecule has 0 aliphatic carbocycles. The second-order valence-electron chi connectivity index (χ2n) is 7.15. The van der Waals surface area contributed by atoms with Crippen LogP contribution in [0.2, 0.25) is 0 Å². The Balaban J connectivity index is 1.57. The minimum absolute atomic E-state index is 0.580. The molecule has 5 aromatic rings. The number of ether oxygens (including phenoxy) is 2. The molecule has 1 aliphatic rings. The van der Waals surface area contributed by atoms with Crippen LogP contribution in [0.5, 0.6) is 23.0 Å². The summed E-state index contributed by atoms with van der Waals surface area (Å²) in [6, 6.07) is 31.2. The maximum atomic E-state index is 13.4. The van der Waals surface area contributed by atoms with Gasteiger partial charge < -0.3 is 14.0 Å². The molecule has 1 aliphatic heterocycles. The lowest BCUT2D eigenvalue weighted by molar-refractivity contribution is 0.366. The normalized spacial score (nSPS) is 13.2. The van der Waals surface area contributed by atoms with Gasteiger partial charge in [-0.1, -0.05) is 66.7 Å². The molecule has 0 amide bonds. The first kappa shape index (κ1) is 17.4. The van der Waals surface area contributed by atoms with Crippen molar-refractivity contribution in [3.05, 3.63) is 97.1 Å². The van der Waals surface area contributed by atoms with Gasteiger partial charge in [0, 0.05) is 33.4 Å². The lowest BCUT2D eigenvalue weighted by Gasteiger charge is -2.24. The van der Waals surface area contributed by atoms with Gasteiger partial charge in [-0.05, 0) is 29.7 Å². The fourth-order valence-corrected chi connectivity index (χ4v) is 5.18. The van der Waals surface area contributed by atoms with Gasteiger partial charge in [-0.3, -0.25) is 0 Å². The molecule has 3 nitrogen and oxygen atoms in total. The lowest BCUT2D eigenvalue weighted by Crippen LogP contribution is -2.06. The van der Waals surface area contributed by atoms with Crippen molar-refractivity contribution in [2.24, 2.45) is 0 Å². The van der Waals surface area contributed by atoms with Crippen LogP contribution in [0.15, 0.2) is 107 Å². The Morgan fingerprint density at radius 3 is 2.03 bits per heavy atom. The van der Waals surface area contributed by atoms with Crippen molar-refractivity contribution in [3.8, 4) is 23.0 Å². The predicted molar refractivity (Wildman–Crippen MR) is 119 cm³/mol. The van der Waals surface area contributed by atoms with Gasteiger partial charge in [-0.25, -0.2) is 0 Å². The number of rotatable bonds is 2. The van der Waals surface area contributed by atoms with Crippen LogP contribution in [0, 0.1) is 0 Å². The minimum atomic E-state index is -1.34. The largest absolute Gasteiger partial charge is 0.606 e. The molecule has 0 saturated heterocycles. The van der Waals surface area contributed by atoms with E-state index in [4.69, 9.17) is 9.47 Å².